The molecule has 0 spiro atoms. The van der Waals surface area contributed by atoms with Crippen molar-refractivity contribution in [2.24, 2.45) is 4.99 Å². The highest BCUT2D eigenvalue weighted by atomic mass is 19.1. The van der Waals surface area contributed by atoms with E-state index in [1.807, 2.05) is 36.8 Å². The van der Waals surface area contributed by atoms with Crippen molar-refractivity contribution in [3.63, 3.8) is 0 Å². The second-order valence-corrected chi connectivity index (χ2v) is 9.73. The van der Waals surface area contributed by atoms with Crippen molar-refractivity contribution >= 4 is 17.2 Å². The Morgan fingerprint density at radius 3 is 2.67 bits per heavy atom. The Balaban J connectivity index is 0.00000118. The minimum Gasteiger partial charge on any atom is -0.488 e. The van der Waals surface area contributed by atoms with Crippen molar-refractivity contribution in [3.8, 4) is 0 Å². The molecule has 1 aromatic carbocycles. The zero-order chi connectivity index (χ0) is 28.5. The maximum atomic E-state index is 13.4. The molecule has 2 aromatic rings. The van der Waals surface area contributed by atoms with E-state index in [2.05, 4.69) is 34.7 Å². The maximum Gasteiger partial charge on any atom is 0.166 e. The fourth-order valence-corrected chi connectivity index (χ4v) is 4.38. The lowest BCUT2D eigenvalue weighted by molar-refractivity contribution is -0.0927. The number of allylic oxidation sites excluding steroid dienone is 5. The number of nitrogens with one attached hydrogen (secondary N) is 2. The van der Waals surface area contributed by atoms with Crippen LogP contribution < -0.4 is 10.6 Å². The van der Waals surface area contributed by atoms with Gasteiger partial charge in [-0.2, -0.15) is 0 Å². The molecule has 40 heavy (non-hydrogen) atoms. The number of aliphatic imine (C=N–C) groups is 1. The fraction of sp³-hybridized carbons (Fsp3) is 0.400. The summed E-state index contributed by atoms with van der Waals surface area (Å²) in [4.78, 5) is 9.10. The predicted octanol–water partition coefficient (Wildman–Crippen LogP) is 4.55. The van der Waals surface area contributed by atoms with E-state index >= 15 is 0 Å². The molecule has 1 aliphatic carbocycles. The van der Waals surface area contributed by atoms with Crippen LogP contribution in [0.1, 0.15) is 32.9 Å². The van der Waals surface area contributed by atoms with Gasteiger partial charge in [-0.3, -0.25) is 4.99 Å². The van der Waals surface area contributed by atoms with Crippen molar-refractivity contribution in [2.45, 2.75) is 45.9 Å². The predicted molar refractivity (Wildman–Crippen MR) is 154 cm³/mol. The number of aromatic nitrogens is 2. The first-order valence-electron chi connectivity index (χ1n) is 13.5. The summed E-state index contributed by atoms with van der Waals surface area (Å²) in [6, 6.07) is 6.32. The molecule has 2 aliphatic heterocycles. The van der Waals surface area contributed by atoms with Gasteiger partial charge in [-0.05, 0) is 75.3 Å². The van der Waals surface area contributed by atoms with Gasteiger partial charge in [0.25, 0.3) is 0 Å². The van der Waals surface area contributed by atoms with Gasteiger partial charge in [-0.15, -0.1) is 0 Å². The number of aryl methyl sites for hydroxylation is 1. The summed E-state index contributed by atoms with van der Waals surface area (Å²) in [5.41, 5.74) is 4.17. The molecule has 2 unspecified atom stereocenters. The second kappa shape index (κ2) is 13.6. The molecule has 9 nitrogen and oxygen atoms in total. The summed E-state index contributed by atoms with van der Waals surface area (Å²) in [7, 11) is 0. The highest BCUT2D eigenvalue weighted by molar-refractivity contribution is 5.98. The van der Waals surface area contributed by atoms with E-state index in [0.717, 1.165) is 34.6 Å². The van der Waals surface area contributed by atoms with Crippen LogP contribution in [-0.2, 0) is 14.2 Å². The summed E-state index contributed by atoms with van der Waals surface area (Å²) in [6.07, 6.45) is 12.4. The van der Waals surface area contributed by atoms with E-state index in [0.29, 0.717) is 31.4 Å². The first-order chi connectivity index (χ1) is 19.3. The number of halogens is 1. The Morgan fingerprint density at radius 2 is 1.98 bits per heavy atom. The molecule has 3 heterocycles. The van der Waals surface area contributed by atoms with Gasteiger partial charge in [-0.25, -0.2) is 9.37 Å². The highest BCUT2D eigenvalue weighted by Gasteiger charge is 2.28. The molecule has 5 rings (SSSR count). The van der Waals surface area contributed by atoms with Gasteiger partial charge < -0.3 is 34.5 Å². The average Bonchev–Trinajstić information content (AvgIpc) is 3.29. The zero-order valence-electron chi connectivity index (χ0n) is 23.5. The Bertz CT molecular complexity index is 1310. The molecule has 1 saturated heterocycles. The van der Waals surface area contributed by atoms with Crippen LogP contribution in [0.3, 0.4) is 0 Å². The molecule has 10 heteroatoms. The molecule has 3 N–H and O–H groups in total. The number of aliphatic hydroxyl groups is 1. The van der Waals surface area contributed by atoms with Crippen LogP contribution in [0.4, 0.5) is 10.1 Å². The molecule has 3 aliphatic rings. The van der Waals surface area contributed by atoms with E-state index in [4.69, 9.17) is 24.3 Å². The number of hydrogen-bond acceptors (Lipinski definition) is 8. The molecule has 214 valence electrons. The van der Waals surface area contributed by atoms with Gasteiger partial charge in [0, 0.05) is 24.1 Å². The molecule has 1 fully saturated rings. The minimum atomic E-state index is -0.533. The van der Waals surface area contributed by atoms with Crippen molar-refractivity contribution in [1.29, 1.82) is 0 Å². The molecular weight excluding hydrogens is 513 g/mol. The number of aliphatic hydroxyl groups excluding tert-OH is 1. The number of hydrogen-bond donors (Lipinski definition) is 3. The quantitative estimate of drug-likeness (QED) is 0.453. The molecule has 2 atom stereocenters. The SMILES string of the molecule is CCC(C)(NC1=NCCO/C1=C\C1=CC2OCOCC2=C(n2cnc(C)c2)C=C1)Nc1ccc(F)cc1.CCO. The van der Waals surface area contributed by atoms with Gasteiger partial charge in [-0.1, -0.05) is 13.0 Å². The van der Waals surface area contributed by atoms with Crippen LogP contribution >= 0.6 is 0 Å². The van der Waals surface area contributed by atoms with Gasteiger partial charge in [0.15, 0.2) is 11.6 Å². The number of rotatable bonds is 6. The van der Waals surface area contributed by atoms with Gasteiger partial charge in [0.1, 0.15) is 31.0 Å². The summed E-state index contributed by atoms with van der Waals surface area (Å²) < 4.78 is 33.0. The summed E-state index contributed by atoms with van der Waals surface area (Å²) in [5, 5.41) is 14.5. The Hall–Kier alpha value is -3.73. The maximum absolute atomic E-state index is 13.4. The Labute approximate surface area is 234 Å². The van der Waals surface area contributed by atoms with Crippen molar-refractivity contribution in [3.05, 3.63) is 89.5 Å². The van der Waals surface area contributed by atoms with E-state index < -0.39 is 5.66 Å². The van der Waals surface area contributed by atoms with Crippen LogP contribution in [0, 0.1) is 12.7 Å². The smallest absolute Gasteiger partial charge is 0.166 e. The summed E-state index contributed by atoms with van der Waals surface area (Å²) in [5.74, 6) is 1.04. The number of ether oxygens (including phenoxy) is 3. The lowest BCUT2D eigenvalue weighted by atomic mass is 10.1. The third kappa shape index (κ3) is 7.47. The first kappa shape index (κ1) is 29.3. The second-order valence-electron chi connectivity index (χ2n) is 9.73. The van der Waals surface area contributed by atoms with Crippen LogP contribution in [0.5, 0.6) is 0 Å². The monoisotopic (exact) mass is 551 g/mol. The molecule has 0 bridgehead atoms. The number of benzene rings is 1. The number of nitrogens with zero attached hydrogens (tertiary/aromatic N) is 3. The van der Waals surface area contributed by atoms with Crippen LogP contribution in [0.2, 0.25) is 0 Å². The largest absolute Gasteiger partial charge is 0.488 e. The van der Waals surface area contributed by atoms with Gasteiger partial charge in [0.05, 0.1) is 30.9 Å². The third-order valence-corrected chi connectivity index (χ3v) is 6.54. The number of fused-ring (bicyclic) bond motifs is 1. The normalized spacial score (nSPS) is 21.1. The fourth-order valence-electron chi connectivity index (χ4n) is 4.38. The van der Waals surface area contributed by atoms with E-state index in [-0.39, 0.29) is 25.3 Å². The number of imidazole rings is 1. The third-order valence-electron chi connectivity index (χ3n) is 6.54. The van der Waals surface area contributed by atoms with Crippen LogP contribution in [-0.4, -0.2) is 65.4 Å². The van der Waals surface area contributed by atoms with Crippen LogP contribution in [0.25, 0.3) is 5.70 Å². The molecule has 1 aromatic heterocycles. The lowest BCUT2D eigenvalue weighted by Gasteiger charge is -2.34. The number of anilines is 1. The Kier molecular flexibility index (Phi) is 9.92. The van der Waals surface area contributed by atoms with Crippen molar-refractivity contribution < 1.29 is 23.7 Å². The van der Waals surface area contributed by atoms with Gasteiger partial charge in [0.2, 0.25) is 0 Å². The highest BCUT2D eigenvalue weighted by Crippen LogP contribution is 2.28. The molecule has 0 amide bonds. The van der Waals surface area contributed by atoms with Crippen molar-refractivity contribution in [2.75, 3.05) is 38.5 Å². The number of amidine groups is 1. The van der Waals surface area contributed by atoms with E-state index in [1.165, 1.54) is 12.1 Å². The minimum absolute atomic E-state index is 0.230. The standard InChI is InChI=1S/C28H32FN5O3.C2H6O/c1-4-28(3,32-22-8-6-21(29)7-9-22)33-27-26(36-12-11-30-27)14-20-5-10-24(34-15-19(2)31-17-34)23-16-35-18-37-25(23)13-20;1-2-3/h5-10,13-15,17,25,32H,4,11-12,16,18H2,1-3H3,(H,30,33);3H,2H2,1H3/b26-14-;. The molecule has 0 radical (unpaired) electrons. The summed E-state index contributed by atoms with van der Waals surface area (Å²) >= 11 is 0. The Morgan fingerprint density at radius 1 is 1.20 bits per heavy atom. The van der Waals surface area contributed by atoms with E-state index in [9.17, 15) is 4.39 Å². The topological polar surface area (TPSA) is 102 Å². The lowest BCUT2D eigenvalue weighted by Crippen LogP contribution is -2.53. The molecular formula is C30H38FN5O4. The average molecular weight is 552 g/mol. The summed E-state index contributed by atoms with van der Waals surface area (Å²) in [6.45, 7) is 9.79. The van der Waals surface area contributed by atoms with Crippen molar-refractivity contribution in [1.82, 2.24) is 14.9 Å². The first-order valence-corrected chi connectivity index (χ1v) is 13.5. The van der Waals surface area contributed by atoms with Gasteiger partial charge >= 0.3 is 0 Å². The van der Waals surface area contributed by atoms with Crippen LogP contribution in [0.15, 0.2) is 83.0 Å². The zero-order valence-corrected chi connectivity index (χ0v) is 23.5. The molecule has 0 saturated carbocycles. The van der Waals surface area contributed by atoms with E-state index in [1.54, 1.807) is 25.4 Å².